The Morgan fingerprint density at radius 1 is 1.30 bits per heavy atom. The predicted octanol–water partition coefficient (Wildman–Crippen LogP) is 2.92. The summed E-state index contributed by atoms with van der Waals surface area (Å²) in [5.41, 5.74) is 2.21. The number of aromatic nitrogens is 2. The third-order valence-corrected chi connectivity index (χ3v) is 4.03. The summed E-state index contributed by atoms with van der Waals surface area (Å²) in [5.74, 6) is 0.425. The first-order chi connectivity index (χ1) is 11.0. The van der Waals surface area contributed by atoms with Crippen LogP contribution in [-0.2, 0) is 6.61 Å². The monoisotopic (exact) mass is 329 g/mol. The van der Waals surface area contributed by atoms with Gasteiger partial charge in [-0.1, -0.05) is 23.7 Å². The van der Waals surface area contributed by atoms with E-state index in [2.05, 4.69) is 4.98 Å². The van der Waals surface area contributed by atoms with E-state index in [1.165, 1.54) is 4.40 Å². The van der Waals surface area contributed by atoms with E-state index in [-0.39, 0.29) is 17.7 Å². The molecule has 0 saturated carbocycles. The molecule has 0 atom stereocenters. The van der Waals surface area contributed by atoms with Crippen LogP contribution in [0.3, 0.4) is 0 Å². The number of pyridine rings is 1. The average Bonchev–Trinajstić information content (AvgIpc) is 2.55. The van der Waals surface area contributed by atoms with Crippen LogP contribution < -0.4 is 10.5 Å². The van der Waals surface area contributed by atoms with Gasteiger partial charge in [0.2, 0.25) is 0 Å². The number of aliphatic hydroxyl groups excluding tert-OH is 1. The number of anilines is 2. The van der Waals surface area contributed by atoms with Crippen molar-refractivity contribution in [1.82, 2.24) is 9.38 Å². The topological polar surface area (TPSA) is 57.8 Å². The molecule has 1 aromatic carbocycles. The van der Waals surface area contributed by atoms with Crippen molar-refractivity contribution >= 4 is 28.8 Å². The first-order valence-corrected chi connectivity index (χ1v) is 7.51. The van der Waals surface area contributed by atoms with E-state index in [9.17, 15) is 9.90 Å². The number of hydrogen-bond acceptors (Lipinski definition) is 4. The summed E-state index contributed by atoms with van der Waals surface area (Å²) in [6.07, 6.45) is 1.65. The normalized spacial score (nSPS) is 11.0. The molecule has 23 heavy (non-hydrogen) atoms. The Morgan fingerprint density at radius 2 is 2.09 bits per heavy atom. The molecule has 0 aliphatic heterocycles. The lowest BCUT2D eigenvalue weighted by Gasteiger charge is -2.21. The zero-order valence-electron chi connectivity index (χ0n) is 12.8. The minimum atomic E-state index is -0.386. The number of nitrogens with zero attached hydrogens (tertiary/aromatic N) is 3. The van der Waals surface area contributed by atoms with Gasteiger partial charge in [0, 0.05) is 24.0 Å². The highest BCUT2D eigenvalue weighted by molar-refractivity contribution is 6.30. The van der Waals surface area contributed by atoms with Gasteiger partial charge in [-0.15, -0.1) is 0 Å². The second kappa shape index (κ2) is 6.02. The molecule has 3 rings (SSSR count). The van der Waals surface area contributed by atoms with Gasteiger partial charge >= 0.3 is 0 Å². The van der Waals surface area contributed by atoms with Crippen molar-refractivity contribution in [2.45, 2.75) is 13.5 Å². The second-order valence-corrected chi connectivity index (χ2v) is 5.74. The molecule has 118 valence electrons. The number of aliphatic hydroxyl groups is 1. The molecule has 0 bridgehead atoms. The SMILES string of the molecule is Cc1cccn2c(=O)c(CO)c(N(C)c3cccc(Cl)c3)nc12. The van der Waals surface area contributed by atoms with E-state index in [1.54, 1.807) is 36.3 Å². The molecule has 2 heterocycles. The Kier molecular flexibility index (Phi) is 4.07. The zero-order valence-corrected chi connectivity index (χ0v) is 13.6. The fourth-order valence-corrected chi connectivity index (χ4v) is 2.73. The molecule has 1 N–H and O–H groups in total. The Bertz CT molecular complexity index is 937. The fourth-order valence-electron chi connectivity index (χ4n) is 2.55. The largest absolute Gasteiger partial charge is 0.391 e. The van der Waals surface area contributed by atoms with Gasteiger partial charge in [0.05, 0.1) is 12.2 Å². The van der Waals surface area contributed by atoms with E-state index in [1.807, 2.05) is 25.1 Å². The third kappa shape index (κ3) is 2.69. The lowest BCUT2D eigenvalue weighted by atomic mass is 10.2. The predicted molar refractivity (Wildman–Crippen MR) is 91.6 cm³/mol. The maximum Gasteiger partial charge on any atom is 0.265 e. The Hall–Kier alpha value is -2.37. The molecule has 0 unspecified atom stereocenters. The molecule has 0 radical (unpaired) electrons. The van der Waals surface area contributed by atoms with Crippen molar-refractivity contribution in [2.24, 2.45) is 0 Å². The average molecular weight is 330 g/mol. The van der Waals surface area contributed by atoms with Crippen LogP contribution in [0, 0.1) is 6.92 Å². The van der Waals surface area contributed by atoms with Crippen LogP contribution in [0.1, 0.15) is 11.1 Å². The van der Waals surface area contributed by atoms with Crippen LogP contribution in [-0.4, -0.2) is 21.5 Å². The van der Waals surface area contributed by atoms with Gasteiger partial charge in [-0.3, -0.25) is 9.20 Å². The van der Waals surface area contributed by atoms with Crippen LogP contribution >= 0.6 is 11.6 Å². The molecule has 0 spiro atoms. The molecule has 2 aromatic heterocycles. The highest BCUT2D eigenvalue weighted by Gasteiger charge is 2.17. The molecule has 0 aliphatic rings. The van der Waals surface area contributed by atoms with Gasteiger partial charge in [0.1, 0.15) is 11.5 Å². The highest BCUT2D eigenvalue weighted by Crippen LogP contribution is 2.26. The number of halogens is 1. The lowest BCUT2D eigenvalue weighted by Crippen LogP contribution is -2.25. The highest BCUT2D eigenvalue weighted by atomic mass is 35.5. The van der Waals surface area contributed by atoms with Crippen LogP contribution in [0.5, 0.6) is 0 Å². The molecule has 0 fully saturated rings. The molecule has 3 aromatic rings. The van der Waals surface area contributed by atoms with E-state index in [4.69, 9.17) is 11.6 Å². The minimum absolute atomic E-state index is 0.246. The van der Waals surface area contributed by atoms with Crippen LogP contribution in [0.15, 0.2) is 47.4 Å². The number of benzene rings is 1. The third-order valence-electron chi connectivity index (χ3n) is 3.79. The number of aryl methyl sites for hydroxylation is 1. The zero-order chi connectivity index (χ0) is 16.6. The summed E-state index contributed by atoms with van der Waals surface area (Å²) in [5, 5.41) is 10.3. The van der Waals surface area contributed by atoms with Crippen molar-refractivity contribution in [3.8, 4) is 0 Å². The lowest BCUT2D eigenvalue weighted by molar-refractivity contribution is 0.280. The fraction of sp³-hybridized carbons (Fsp3) is 0.176. The van der Waals surface area contributed by atoms with Gasteiger partial charge in [0.25, 0.3) is 5.56 Å². The number of hydrogen-bond donors (Lipinski definition) is 1. The van der Waals surface area contributed by atoms with Gasteiger partial charge in [0.15, 0.2) is 0 Å². The van der Waals surface area contributed by atoms with Crippen molar-refractivity contribution in [3.05, 3.63) is 69.1 Å². The van der Waals surface area contributed by atoms with Gasteiger partial charge < -0.3 is 10.0 Å². The van der Waals surface area contributed by atoms with Crippen molar-refractivity contribution < 1.29 is 5.11 Å². The minimum Gasteiger partial charge on any atom is -0.391 e. The maximum absolute atomic E-state index is 12.6. The molecule has 0 aliphatic carbocycles. The molecular formula is C17H16ClN3O2. The summed E-state index contributed by atoms with van der Waals surface area (Å²) in [6.45, 7) is 1.51. The molecular weight excluding hydrogens is 314 g/mol. The number of fused-ring (bicyclic) bond motifs is 1. The second-order valence-electron chi connectivity index (χ2n) is 5.30. The van der Waals surface area contributed by atoms with Gasteiger partial charge in [-0.25, -0.2) is 4.98 Å². The Labute approximate surface area is 138 Å². The van der Waals surface area contributed by atoms with Crippen molar-refractivity contribution in [1.29, 1.82) is 0 Å². The maximum atomic E-state index is 12.6. The van der Waals surface area contributed by atoms with Gasteiger partial charge in [-0.2, -0.15) is 0 Å². The Morgan fingerprint density at radius 3 is 2.78 bits per heavy atom. The van der Waals surface area contributed by atoms with E-state index < -0.39 is 0 Å². The number of rotatable bonds is 3. The molecule has 5 nitrogen and oxygen atoms in total. The standard InChI is InChI=1S/C17H16ClN3O2/c1-11-5-4-8-21-15(11)19-16(14(10-22)17(21)23)20(2)13-7-3-6-12(18)9-13/h3-9,22H,10H2,1-2H3. The summed E-state index contributed by atoms with van der Waals surface area (Å²) in [7, 11) is 1.79. The summed E-state index contributed by atoms with van der Waals surface area (Å²) >= 11 is 6.04. The van der Waals surface area contributed by atoms with Crippen molar-refractivity contribution in [2.75, 3.05) is 11.9 Å². The quantitative estimate of drug-likeness (QED) is 0.802. The van der Waals surface area contributed by atoms with Crippen LogP contribution in [0.2, 0.25) is 5.02 Å². The van der Waals surface area contributed by atoms with E-state index in [0.717, 1.165) is 11.3 Å². The first kappa shape index (κ1) is 15.5. The van der Waals surface area contributed by atoms with Crippen molar-refractivity contribution in [3.63, 3.8) is 0 Å². The van der Waals surface area contributed by atoms with Crippen LogP contribution in [0.4, 0.5) is 11.5 Å². The molecule has 0 saturated heterocycles. The van der Waals surface area contributed by atoms with E-state index >= 15 is 0 Å². The van der Waals surface area contributed by atoms with E-state index in [0.29, 0.717) is 16.5 Å². The summed E-state index contributed by atoms with van der Waals surface area (Å²) in [4.78, 5) is 19.0. The van der Waals surface area contributed by atoms with Gasteiger partial charge in [-0.05, 0) is 36.8 Å². The first-order valence-electron chi connectivity index (χ1n) is 7.14. The summed E-state index contributed by atoms with van der Waals surface area (Å²) < 4.78 is 1.45. The van der Waals surface area contributed by atoms with Crippen LogP contribution in [0.25, 0.3) is 5.65 Å². The molecule has 6 heteroatoms. The summed E-state index contributed by atoms with van der Waals surface area (Å²) in [6, 6.07) is 10.9. The Balaban J connectivity index is 2.28. The smallest absolute Gasteiger partial charge is 0.265 e. The molecule has 0 amide bonds.